The molecule has 1 aliphatic heterocycles. The van der Waals surface area contributed by atoms with Gasteiger partial charge in [-0.15, -0.1) is 0 Å². The van der Waals surface area contributed by atoms with Gasteiger partial charge in [0.2, 0.25) is 0 Å². The smallest absolute Gasteiger partial charge is 0.272 e. The number of fused-ring (bicyclic) bond motifs is 3. The monoisotopic (exact) mass is 243 g/mol. The van der Waals surface area contributed by atoms with Crippen molar-refractivity contribution < 1.29 is 9.53 Å². The second-order valence-corrected chi connectivity index (χ2v) is 4.28. The molecule has 0 fully saturated rings. The molecule has 5 nitrogen and oxygen atoms in total. The summed E-state index contributed by atoms with van der Waals surface area (Å²) in [6, 6.07) is 7.48. The van der Waals surface area contributed by atoms with E-state index in [2.05, 4.69) is 5.10 Å². The lowest BCUT2D eigenvalue weighted by Crippen LogP contribution is -2.25. The van der Waals surface area contributed by atoms with Gasteiger partial charge in [-0.05, 0) is 24.3 Å². The van der Waals surface area contributed by atoms with Crippen molar-refractivity contribution in [1.29, 1.82) is 0 Å². The zero-order valence-corrected chi connectivity index (χ0v) is 10.3. The molecule has 2 aromatic rings. The molecule has 0 saturated carbocycles. The molecule has 0 saturated heterocycles. The molecule has 5 heteroatoms. The molecule has 0 aliphatic carbocycles. The van der Waals surface area contributed by atoms with Crippen molar-refractivity contribution in [2.24, 2.45) is 0 Å². The summed E-state index contributed by atoms with van der Waals surface area (Å²) in [7, 11) is 3.42. The van der Waals surface area contributed by atoms with Crippen molar-refractivity contribution in [3.8, 4) is 11.4 Å². The SMILES string of the molecule is COc1ccc2c(c1)CN(C)C(=O)c1ccnn1-2. The largest absolute Gasteiger partial charge is 0.497 e. The number of carbonyl (C=O) groups is 1. The molecule has 1 aromatic carbocycles. The number of amides is 1. The Morgan fingerprint density at radius 1 is 1.33 bits per heavy atom. The lowest BCUT2D eigenvalue weighted by molar-refractivity contribution is 0.0781. The Labute approximate surface area is 105 Å². The van der Waals surface area contributed by atoms with Crippen molar-refractivity contribution in [3.63, 3.8) is 0 Å². The molecule has 3 rings (SSSR count). The minimum Gasteiger partial charge on any atom is -0.497 e. The van der Waals surface area contributed by atoms with E-state index in [0.29, 0.717) is 12.2 Å². The van der Waals surface area contributed by atoms with Gasteiger partial charge in [-0.1, -0.05) is 0 Å². The van der Waals surface area contributed by atoms with Crippen molar-refractivity contribution >= 4 is 5.91 Å². The zero-order chi connectivity index (χ0) is 12.7. The molecule has 0 spiro atoms. The minimum atomic E-state index is -0.0253. The van der Waals surface area contributed by atoms with E-state index in [0.717, 1.165) is 17.0 Å². The van der Waals surface area contributed by atoms with Crippen molar-refractivity contribution in [2.75, 3.05) is 14.2 Å². The maximum absolute atomic E-state index is 12.2. The molecule has 0 bridgehead atoms. The molecular formula is C13H13N3O2. The maximum Gasteiger partial charge on any atom is 0.272 e. The Morgan fingerprint density at radius 3 is 2.94 bits per heavy atom. The molecule has 0 unspecified atom stereocenters. The van der Waals surface area contributed by atoms with Crippen LogP contribution in [0, 0.1) is 0 Å². The summed E-state index contributed by atoms with van der Waals surface area (Å²) < 4.78 is 6.90. The summed E-state index contributed by atoms with van der Waals surface area (Å²) >= 11 is 0. The molecule has 0 radical (unpaired) electrons. The first-order chi connectivity index (χ1) is 8.70. The second-order valence-electron chi connectivity index (χ2n) is 4.28. The van der Waals surface area contributed by atoms with E-state index in [-0.39, 0.29) is 5.91 Å². The van der Waals surface area contributed by atoms with E-state index in [1.807, 2.05) is 18.2 Å². The van der Waals surface area contributed by atoms with Crippen LogP contribution < -0.4 is 4.74 Å². The summed E-state index contributed by atoms with van der Waals surface area (Å²) in [5.74, 6) is 0.757. The van der Waals surface area contributed by atoms with Crippen LogP contribution in [0.2, 0.25) is 0 Å². The van der Waals surface area contributed by atoms with Crippen LogP contribution in [-0.4, -0.2) is 34.7 Å². The van der Waals surface area contributed by atoms with E-state index < -0.39 is 0 Å². The number of hydrogen-bond donors (Lipinski definition) is 0. The third-order valence-electron chi connectivity index (χ3n) is 3.13. The van der Waals surface area contributed by atoms with E-state index in [4.69, 9.17) is 4.74 Å². The normalized spacial score (nSPS) is 13.9. The molecular weight excluding hydrogens is 230 g/mol. The molecule has 2 heterocycles. The highest BCUT2D eigenvalue weighted by Gasteiger charge is 2.24. The maximum atomic E-state index is 12.2. The van der Waals surface area contributed by atoms with Gasteiger partial charge in [-0.25, -0.2) is 4.68 Å². The highest BCUT2D eigenvalue weighted by Crippen LogP contribution is 2.26. The Hall–Kier alpha value is -2.30. The summed E-state index contributed by atoms with van der Waals surface area (Å²) in [5.41, 5.74) is 2.53. The zero-order valence-electron chi connectivity index (χ0n) is 10.3. The number of methoxy groups -OCH3 is 1. The van der Waals surface area contributed by atoms with Crippen LogP contribution in [-0.2, 0) is 6.54 Å². The summed E-state index contributed by atoms with van der Waals surface area (Å²) in [5, 5.41) is 4.23. The lowest BCUT2D eigenvalue weighted by atomic mass is 10.1. The average molecular weight is 243 g/mol. The molecule has 1 amide bonds. The van der Waals surface area contributed by atoms with Gasteiger partial charge in [-0.2, -0.15) is 5.10 Å². The minimum absolute atomic E-state index is 0.0253. The quantitative estimate of drug-likeness (QED) is 0.762. The van der Waals surface area contributed by atoms with Crippen molar-refractivity contribution in [3.05, 3.63) is 41.7 Å². The van der Waals surface area contributed by atoms with E-state index in [9.17, 15) is 4.79 Å². The number of carbonyl (C=O) groups excluding carboxylic acids is 1. The van der Waals surface area contributed by atoms with Gasteiger partial charge in [-0.3, -0.25) is 4.79 Å². The number of aromatic nitrogens is 2. The van der Waals surface area contributed by atoms with Crippen LogP contribution in [0.3, 0.4) is 0 Å². The van der Waals surface area contributed by atoms with E-state index in [1.54, 1.807) is 36.0 Å². The molecule has 0 N–H and O–H groups in total. The van der Waals surface area contributed by atoms with Gasteiger partial charge >= 0.3 is 0 Å². The first-order valence-electron chi connectivity index (χ1n) is 5.67. The Balaban J connectivity index is 2.24. The lowest BCUT2D eigenvalue weighted by Gasteiger charge is -2.14. The van der Waals surface area contributed by atoms with Gasteiger partial charge < -0.3 is 9.64 Å². The third-order valence-corrected chi connectivity index (χ3v) is 3.13. The van der Waals surface area contributed by atoms with E-state index in [1.165, 1.54) is 0 Å². The topological polar surface area (TPSA) is 47.4 Å². The van der Waals surface area contributed by atoms with Crippen molar-refractivity contribution in [1.82, 2.24) is 14.7 Å². The molecule has 18 heavy (non-hydrogen) atoms. The Kier molecular flexibility index (Phi) is 2.33. The fourth-order valence-electron chi connectivity index (χ4n) is 2.20. The predicted octanol–water partition coefficient (Wildman–Crippen LogP) is 1.47. The van der Waals surface area contributed by atoms with Gasteiger partial charge in [0.15, 0.2) is 0 Å². The van der Waals surface area contributed by atoms with Gasteiger partial charge in [0.1, 0.15) is 11.4 Å². The first kappa shape index (κ1) is 10.8. The summed E-state index contributed by atoms with van der Waals surface area (Å²) in [4.78, 5) is 13.8. The van der Waals surface area contributed by atoms with Crippen LogP contribution >= 0.6 is 0 Å². The Morgan fingerprint density at radius 2 is 2.17 bits per heavy atom. The molecule has 1 aromatic heterocycles. The Bertz CT molecular complexity index is 618. The molecule has 92 valence electrons. The molecule has 1 aliphatic rings. The van der Waals surface area contributed by atoms with E-state index >= 15 is 0 Å². The highest BCUT2D eigenvalue weighted by molar-refractivity contribution is 5.93. The highest BCUT2D eigenvalue weighted by atomic mass is 16.5. The fraction of sp³-hybridized carbons (Fsp3) is 0.231. The van der Waals surface area contributed by atoms with Crippen LogP contribution in [0.5, 0.6) is 5.75 Å². The predicted molar refractivity (Wildman–Crippen MR) is 65.9 cm³/mol. The number of nitrogens with zero attached hydrogens (tertiary/aromatic N) is 3. The van der Waals surface area contributed by atoms with Crippen LogP contribution in [0.4, 0.5) is 0 Å². The third kappa shape index (κ3) is 1.48. The second kappa shape index (κ2) is 3.87. The fourth-order valence-corrected chi connectivity index (χ4v) is 2.20. The van der Waals surface area contributed by atoms with Crippen LogP contribution in [0.25, 0.3) is 5.69 Å². The standard InChI is InChI=1S/C13H13N3O2/c1-15-8-9-7-10(18-2)3-4-11(9)16-12(13(15)17)5-6-14-16/h3-7H,8H2,1-2H3. The number of ether oxygens (including phenoxy) is 1. The first-order valence-corrected chi connectivity index (χ1v) is 5.67. The number of rotatable bonds is 1. The van der Waals surface area contributed by atoms with Gasteiger partial charge in [0.05, 0.1) is 19.0 Å². The average Bonchev–Trinajstić information content (AvgIpc) is 2.83. The van der Waals surface area contributed by atoms with Crippen LogP contribution in [0.1, 0.15) is 16.1 Å². The van der Waals surface area contributed by atoms with Gasteiger partial charge in [0, 0.05) is 19.2 Å². The van der Waals surface area contributed by atoms with Gasteiger partial charge in [0.25, 0.3) is 5.91 Å². The summed E-state index contributed by atoms with van der Waals surface area (Å²) in [6.45, 7) is 0.550. The summed E-state index contributed by atoms with van der Waals surface area (Å²) in [6.07, 6.45) is 1.64. The number of benzene rings is 1. The molecule has 0 atom stereocenters. The van der Waals surface area contributed by atoms with Crippen LogP contribution in [0.15, 0.2) is 30.5 Å². The number of hydrogen-bond acceptors (Lipinski definition) is 3. The van der Waals surface area contributed by atoms with Crippen molar-refractivity contribution in [2.45, 2.75) is 6.54 Å².